The fraction of sp³-hybridized carbons (Fsp3) is 0.556. The third-order valence-electron chi connectivity index (χ3n) is 5.25. The van der Waals surface area contributed by atoms with Gasteiger partial charge in [-0.25, -0.2) is 14.1 Å². The zero-order valence-corrected chi connectivity index (χ0v) is 14.2. The molecule has 3 rings (SSSR count). The van der Waals surface area contributed by atoms with Crippen LogP contribution in [0.25, 0.3) is 0 Å². The molecule has 1 aromatic rings. The molecule has 2 aliphatic rings. The van der Waals surface area contributed by atoms with Gasteiger partial charge in [0, 0.05) is 6.54 Å². The predicted molar refractivity (Wildman–Crippen MR) is 88.5 cm³/mol. The van der Waals surface area contributed by atoms with Crippen molar-refractivity contribution in [2.75, 3.05) is 13.7 Å². The number of hydrogen-bond acceptors (Lipinski definition) is 3. The monoisotopic (exact) mass is 333 g/mol. The molecule has 130 valence electrons. The van der Waals surface area contributed by atoms with Crippen LogP contribution in [-0.2, 0) is 11.3 Å². The summed E-state index contributed by atoms with van der Waals surface area (Å²) in [6.07, 6.45) is 3.76. The Morgan fingerprint density at radius 3 is 2.67 bits per heavy atom. The molecule has 6 heteroatoms. The first-order valence-electron chi connectivity index (χ1n) is 8.49. The molecule has 0 aromatic heterocycles. The van der Waals surface area contributed by atoms with E-state index in [2.05, 4.69) is 5.32 Å². The van der Waals surface area contributed by atoms with Crippen LogP contribution in [0.15, 0.2) is 24.3 Å². The van der Waals surface area contributed by atoms with Crippen molar-refractivity contribution in [1.29, 1.82) is 0 Å². The van der Waals surface area contributed by atoms with Crippen LogP contribution >= 0.6 is 0 Å². The number of rotatable bonds is 4. The van der Waals surface area contributed by atoms with Crippen LogP contribution in [0.4, 0.5) is 9.18 Å². The summed E-state index contributed by atoms with van der Waals surface area (Å²) in [6, 6.07) is 5.94. The van der Waals surface area contributed by atoms with E-state index in [0.717, 1.165) is 31.2 Å². The topological polar surface area (TPSA) is 52.7 Å². The van der Waals surface area contributed by atoms with Crippen molar-refractivity contribution in [3.63, 3.8) is 0 Å². The van der Waals surface area contributed by atoms with Crippen LogP contribution in [0.1, 0.15) is 38.2 Å². The fourth-order valence-corrected chi connectivity index (χ4v) is 3.82. The Morgan fingerprint density at radius 1 is 1.29 bits per heavy atom. The summed E-state index contributed by atoms with van der Waals surface area (Å²) >= 11 is 0. The van der Waals surface area contributed by atoms with Crippen LogP contribution in [-0.4, -0.2) is 41.0 Å². The smallest absolute Gasteiger partial charge is 0.323 e. The maximum Gasteiger partial charge on any atom is 0.326 e. The minimum atomic E-state index is -0.716. The molecule has 1 N–H and O–H groups in total. The van der Waals surface area contributed by atoms with Crippen molar-refractivity contribution >= 4 is 11.9 Å². The molecule has 2 atom stereocenters. The average molecular weight is 333 g/mol. The summed E-state index contributed by atoms with van der Waals surface area (Å²) in [6.45, 7) is 2.82. The normalized spacial score (nSPS) is 27.2. The van der Waals surface area contributed by atoms with Gasteiger partial charge in [0.25, 0.3) is 5.91 Å². The number of amides is 3. The molecule has 1 heterocycles. The lowest BCUT2D eigenvalue weighted by Crippen LogP contribution is -2.54. The summed E-state index contributed by atoms with van der Waals surface area (Å²) in [4.78, 5) is 28.5. The third-order valence-corrected chi connectivity index (χ3v) is 5.25. The number of urea groups is 1. The number of carbonyl (C=O) groups excluding carboxylic acids is 2. The number of hydrogen-bond donors (Lipinski definition) is 1. The van der Waals surface area contributed by atoms with Crippen molar-refractivity contribution in [2.24, 2.45) is 5.92 Å². The molecule has 0 unspecified atom stereocenters. The number of nitrogens with zero attached hydrogens (tertiary/aromatic N) is 2. The van der Waals surface area contributed by atoms with Crippen LogP contribution in [0.2, 0.25) is 0 Å². The summed E-state index contributed by atoms with van der Waals surface area (Å²) < 4.78 is 13.0. The summed E-state index contributed by atoms with van der Waals surface area (Å²) in [5, 5.41) is 2.96. The molecule has 1 spiro atoms. The summed E-state index contributed by atoms with van der Waals surface area (Å²) in [7, 11) is 1.85. The van der Waals surface area contributed by atoms with E-state index >= 15 is 0 Å². The van der Waals surface area contributed by atoms with E-state index < -0.39 is 5.54 Å². The lowest BCUT2D eigenvalue weighted by Gasteiger charge is -2.37. The Kier molecular flexibility index (Phi) is 4.58. The van der Waals surface area contributed by atoms with Gasteiger partial charge in [-0.1, -0.05) is 31.9 Å². The average Bonchev–Trinajstić information content (AvgIpc) is 2.78. The molecule has 1 aliphatic carbocycles. The molecule has 5 nitrogen and oxygen atoms in total. The third kappa shape index (κ3) is 3.02. The SMILES string of the molecule is C[C@H]1CCCC[C@@]12NC(=O)N(CN(C)Cc1ccc(F)cc1)C2=O. The molecular weight excluding hydrogens is 309 g/mol. The molecule has 1 aliphatic heterocycles. The Hall–Kier alpha value is -1.95. The molecule has 1 aromatic carbocycles. The van der Waals surface area contributed by atoms with Gasteiger partial charge in [0.2, 0.25) is 0 Å². The highest BCUT2D eigenvalue weighted by Crippen LogP contribution is 2.38. The van der Waals surface area contributed by atoms with Crippen LogP contribution in [0.5, 0.6) is 0 Å². The van der Waals surface area contributed by atoms with Crippen molar-refractivity contribution in [3.8, 4) is 0 Å². The minimum absolute atomic E-state index is 0.106. The van der Waals surface area contributed by atoms with Crippen molar-refractivity contribution < 1.29 is 14.0 Å². The van der Waals surface area contributed by atoms with Gasteiger partial charge >= 0.3 is 6.03 Å². The van der Waals surface area contributed by atoms with Gasteiger partial charge in [-0.2, -0.15) is 0 Å². The number of carbonyl (C=O) groups is 2. The Balaban J connectivity index is 1.67. The first kappa shape index (κ1) is 16.9. The highest BCUT2D eigenvalue weighted by atomic mass is 19.1. The van der Waals surface area contributed by atoms with Gasteiger partial charge < -0.3 is 5.32 Å². The molecular formula is C18H24FN3O2. The Labute approximate surface area is 141 Å². The van der Waals surface area contributed by atoms with Crippen LogP contribution in [0, 0.1) is 11.7 Å². The lowest BCUT2D eigenvalue weighted by molar-refractivity contribution is -0.135. The second-order valence-electron chi connectivity index (χ2n) is 7.06. The minimum Gasteiger partial charge on any atom is -0.323 e. The van der Waals surface area contributed by atoms with Gasteiger partial charge in [-0.15, -0.1) is 0 Å². The van der Waals surface area contributed by atoms with Gasteiger partial charge in [0.15, 0.2) is 0 Å². The van der Waals surface area contributed by atoms with E-state index in [0.29, 0.717) is 6.54 Å². The van der Waals surface area contributed by atoms with Gasteiger partial charge in [-0.05, 0) is 43.5 Å². The first-order valence-corrected chi connectivity index (χ1v) is 8.49. The zero-order valence-electron chi connectivity index (χ0n) is 14.2. The zero-order chi connectivity index (χ0) is 17.3. The lowest BCUT2D eigenvalue weighted by atomic mass is 9.73. The van der Waals surface area contributed by atoms with Gasteiger partial charge in [-0.3, -0.25) is 9.69 Å². The number of benzene rings is 1. The van der Waals surface area contributed by atoms with E-state index in [1.165, 1.54) is 17.0 Å². The second kappa shape index (κ2) is 6.51. The highest BCUT2D eigenvalue weighted by Gasteiger charge is 2.54. The fourth-order valence-electron chi connectivity index (χ4n) is 3.82. The van der Waals surface area contributed by atoms with E-state index in [1.54, 1.807) is 12.1 Å². The first-order chi connectivity index (χ1) is 11.4. The maximum atomic E-state index is 13.0. The summed E-state index contributed by atoms with van der Waals surface area (Å²) in [5.41, 5.74) is 0.221. The molecule has 2 fully saturated rings. The number of halogens is 1. The van der Waals surface area contributed by atoms with Crippen LogP contribution < -0.4 is 5.32 Å². The highest BCUT2D eigenvalue weighted by molar-refractivity contribution is 6.07. The molecule has 1 saturated carbocycles. The second-order valence-corrected chi connectivity index (χ2v) is 7.06. The molecule has 3 amide bonds. The van der Waals surface area contributed by atoms with Crippen LogP contribution in [0.3, 0.4) is 0 Å². The predicted octanol–water partition coefficient (Wildman–Crippen LogP) is 2.72. The maximum absolute atomic E-state index is 13.0. The number of imide groups is 1. The Bertz CT molecular complexity index is 634. The van der Waals surface area contributed by atoms with Crippen molar-refractivity contribution in [2.45, 2.75) is 44.7 Å². The van der Waals surface area contributed by atoms with Crippen molar-refractivity contribution in [1.82, 2.24) is 15.1 Å². The number of nitrogens with one attached hydrogen (secondary N) is 1. The molecule has 0 radical (unpaired) electrons. The molecule has 1 saturated heterocycles. The van der Waals surface area contributed by atoms with Gasteiger partial charge in [0.05, 0.1) is 6.67 Å². The van der Waals surface area contributed by atoms with Gasteiger partial charge in [0.1, 0.15) is 11.4 Å². The molecule has 0 bridgehead atoms. The van der Waals surface area contributed by atoms with E-state index in [-0.39, 0.29) is 30.3 Å². The van der Waals surface area contributed by atoms with E-state index in [4.69, 9.17) is 0 Å². The Morgan fingerprint density at radius 2 is 2.00 bits per heavy atom. The summed E-state index contributed by atoms with van der Waals surface area (Å²) in [5.74, 6) is -0.218. The van der Waals surface area contributed by atoms with E-state index in [1.807, 2.05) is 18.9 Å². The standard InChI is InChI=1S/C18H24FN3O2/c1-13-5-3-4-10-18(13)16(23)22(17(24)20-18)12-21(2)11-14-6-8-15(19)9-7-14/h6-9,13H,3-5,10-12H2,1-2H3,(H,20,24)/t13-,18+/m0/s1. The molecule has 24 heavy (non-hydrogen) atoms. The van der Waals surface area contributed by atoms with E-state index in [9.17, 15) is 14.0 Å². The largest absolute Gasteiger partial charge is 0.326 e. The quantitative estimate of drug-likeness (QED) is 0.862. The van der Waals surface area contributed by atoms with Crippen molar-refractivity contribution in [3.05, 3.63) is 35.6 Å².